The Hall–Kier alpha value is -2.47. The molecule has 134 valence electrons. The average molecular weight is 341 g/mol. The highest BCUT2D eigenvalue weighted by Gasteiger charge is 2.15. The summed E-state index contributed by atoms with van der Waals surface area (Å²) in [6, 6.07) is 11.7. The van der Waals surface area contributed by atoms with Crippen molar-refractivity contribution >= 4 is 11.9 Å². The topological polar surface area (TPSA) is 61.4 Å². The van der Waals surface area contributed by atoms with Crippen molar-refractivity contribution in [2.75, 3.05) is 39.5 Å². The van der Waals surface area contributed by atoms with Crippen molar-refractivity contribution in [2.24, 2.45) is 0 Å². The van der Waals surface area contributed by atoms with Crippen LogP contribution in [-0.2, 0) is 6.54 Å². The SMILES string of the molecule is Cc1cc(C(=O)N(C)Cc2ccccc2)nc(NCCCN(C)C)n1. The smallest absolute Gasteiger partial charge is 0.272 e. The summed E-state index contributed by atoms with van der Waals surface area (Å²) in [5.74, 6) is 0.404. The Morgan fingerprint density at radius 1 is 1.12 bits per heavy atom. The van der Waals surface area contributed by atoms with Crippen LogP contribution in [0.15, 0.2) is 36.4 Å². The van der Waals surface area contributed by atoms with Crippen molar-refractivity contribution < 1.29 is 4.79 Å². The second kappa shape index (κ2) is 9.13. The number of hydrogen-bond donors (Lipinski definition) is 1. The fourth-order valence-electron chi connectivity index (χ4n) is 2.48. The summed E-state index contributed by atoms with van der Waals surface area (Å²) in [6.45, 7) is 4.19. The fourth-order valence-corrected chi connectivity index (χ4v) is 2.48. The number of aromatic nitrogens is 2. The van der Waals surface area contributed by atoms with E-state index in [1.807, 2.05) is 51.4 Å². The number of benzene rings is 1. The molecular formula is C19H27N5O. The molecule has 6 heteroatoms. The number of nitrogens with one attached hydrogen (secondary N) is 1. The summed E-state index contributed by atoms with van der Waals surface area (Å²) in [5, 5.41) is 3.21. The Balaban J connectivity index is 2.01. The van der Waals surface area contributed by atoms with Gasteiger partial charge in [-0.15, -0.1) is 0 Å². The molecule has 6 nitrogen and oxygen atoms in total. The Kier molecular flexibility index (Phi) is 6.89. The van der Waals surface area contributed by atoms with Crippen molar-refractivity contribution in [3.05, 3.63) is 53.3 Å². The van der Waals surface area contributed by atoms with Gasteiger partial charge < -0.3 is 15.1 Å². The molecule has 0 unspecified atom stereocenters. The molecule has 0 radical (unpaired) electrons. The van der Waals surface area contributed by atoms with E-state index in [-0.39, 0.29) is 5.91 Å². The molecule has 0 fully saturated rings. The molecule has 0 aliphatic carbocycles. The molecule has 1 aromatic heterocycles. The van der Waals surface area contributed by atoms with Crippen LogP contribution in [0.4, 0.5) is 5.95 Å². The van der Waals surface area contributed by atoms with Crippen LogP contribution in [0.5, 0.6) is 0 Å². The van der Waals surface area contributed by atoms with Crippen molar-refractivity contribution in [1.29, 1.82) is 0 Å². The van der Waals surface area contributed by atoms with E-state index < -0.39 is 0 Å². The molecule has 1 N–H and O–H groups in total. The van der Waals surface area contributed by atoms with E-state index >= 15 is 0 Å². The van der Waals surface area contributed by atoms with Crippen molar-refractivity contribution in [3.8, 4) is 0 Å². The van der Waals surface area contributed by atoms with Gasteiger partial charge in [0.15, 0.2) is 0 Å². The van der Waals surface area contributed by atoms with Gasteiger partial charge in [0.2, 0.25) is 5.95 Å². The van der Waals surface area contributed by atoms with Gasteiger partial charge in [-0.2, -0.15) is 0 Å². The van der Waals surface area contributed by atoms with E-state index in [0.717, 1.165) is 30.8 Å². The first-order valence-electron chi connectivity index (χ1n) is 8.49. The van der Waals surface area contributed by atoms with Crippen LogP contribution in [0, 0.1) is 6.92 Å². The third kappa shape index (κ3) is 6.15. The predicted octanol–water partition coefficient (Wildman–Crippen LogP) is 2.42. The zero-order valence-electron chi connectivity index (χ0n) is 15.5. The van der Waals surface area contributed by atoms with E-state index in [9.17, 15) is 4.79 Å². The minimum Gasteiger partial charge on any atom is -0.354 e. The molecule has 1 heterocycles. The Labute approximate surface area is 149 Å². The first-order valence-corrected chi connectivity index (χ1v) is 8.49. The largest absolute Gasteiger partial charge is 0.354 e. The summed E-state index contributed by atoms with van der Waals surface area (Å²) in [5.41, 5.74) is 2.29. The van der Waals surface area contributed by atoms with Gasteiger partial charge in [-0.1, -0.05) is 30.3 Å². The van der Waals surface area contributed by atoms with E-state index in [2.05, 4.69) is 20.2 Å². The highest BCUT2D eigenvalue weighted by atomic mass is 16.2. The number of carbonyl (C=O) groups excluding carboxylic acids is 1. The third-order valence-corrected chi connectivity index (χ3v) is 3.75. The lowest BCUT2D eigenvalue weighted by Crippen LogP contribution is -2.27. The van der Waals surface area contributed by atoms with Gasteiger partial charge in [0, 0.05) is 25.8 Å². The monoisotopic (exact) mass is 341 g/mol. The third-order valence-electron chi connectivity index (χ3n) is 3.75. The van der Waals surface area contributed by atoms with Crippen LogP contribution in [0.25, 0.3) is 0 Å². The van der Waals surface area contributed by atoms with Crippen molar-refractivity contribution in [2.45, 2.75) is 19.9 Å². The molecular weight excluding hydrogens is 314 g/mol. The second-order valence-corrected chi connectivity index (χ2v) is 6.45. The molecule has 1 aromatic carbocycles. The lowest BCUT2D eigenvalue weighted by Gasteiger charge is -2.17. The first-order chi connectivity index (χ1) is 12.0. The maximum atomic E-state index is 12.7. The fraction of sp³-hybridized carbons (Fsp3) is 0.421. The number of aryl methyl sites for hydroxylation is 1. The second-order valence-electron chi connectivity index (χ2n) is 6.45. The highest BCUT2D eigenvalue weighted by molar-refractivity contribution is 5.92. The lowest BCUT2D eigenvalue weighted by molar-refractivity contribution is 0.0779. The number of hydrogen-bond acceptors (Lipinski definition) is 5. The van der Waals surface area contributed by atoms with Crippen LogP contribution in [0.2, 0.25) is 0 Å². The molecule has 0 aliphatic rings. The standard InChI is InChI=1S/C19H27N5O/c1-15-13-17(22-19(21-15)20-11-8-12-23(2)3)18(25)24(4)14-16-9-6-5-7-10-16/h5-7,9-10,13H,8,11-12,14H2,1-4H3,(H,20,21,22). The Bertz CT molecular complexity index is 687. The quantitative estimate of drug-likeness (QED) is 0.747. The molecule has 2 rings (SSSR count). The summed E-state index contributed by atoms with van der Waals surface area (Å²) in [6.07, 6.45) is 0.988. The minimum atomic E-state index is -0.106. The van der Waals surface area contributed by atoms with E-state index in [0.29, 0.717) is 18.2 Å². The van der Waals surface area contributed by atoms with Gasteiger partial charge in [-0.05, 0) is 45.6 Å². The lowest BCUT2D eigenvalue weighted by atomic mass is 10.2. The highest BCUT2D eigenvalue weighted by Crippen LogP contribution is 2.10. The zero-order chi connectivity index (χ0) is 18.2. The maximum absolute atomic E-state index is 12.7. The normalized spacial score (nSPS) is 10.8. The molecule has 2 aromatic rings. The molecule has 25 heavy (non-hydrogen) atoms. The average Bonchev–Trinajstić information content (AvgIpc) is 2.58. The summed E-state index contributed by atoms with van der Waals surface area (Å²) in [4.78, 5) is 25.2. The molecule has 0 aliphatic heterocycles. The van der Waals surface area contributed by atoms with E-state index in [1.165, 1.54) is 0 Å². The van der Waals surface area contributed by atoms with Crippen LogP contribution < -0.4 is 5.32 Å². The van der Waals surface area contributed by atoms with Crippen LogP contribution >= 0.6 is 0 Å². The van der Waals surface area contributed by atoms with Crippen molar-refractivity contribution in [3.63, 3.8) is 0 Å². The minimum absolute atomic E-state index is 0.106. The molecule has 0 spiro atoms. The van der Waals surface area contributed by atoms with Crippen molar-refractivity contribution in [1.82, 2.24) is 19.8 Å². The molecule has 0 saturated carbocycles. The number of amides is 1. The zero-order valence-corrected chi connectivity index (χ0v) is 15.5. The molecule has 0 bridgehead atoms. The molecule has 1 amide bonds. The first kappa shape index (κ1) is 18.9. The molecule has 0 atom stereocenters. The van der Waals surface area contributed by atoms with Gasteiger partial charge in [0.05, 0.1) is 0 Å². The van der Waals surface area contributed by atoms with E-state index in [1.54, 1.807) is 18.0 Å². The Morgan fingerprint density at radius 2 is 1.84 bits per heavy atom. The van der Waals surface area contributed by atoms with Crippen LogP contribution in [0.3, 0.4) is 0 Å². The maximum Gasteiger partial charge on any atom is 0.272 e. The number of rotatable bonds is 8. The van der Waals surface area contributed by atoms with Gasteiger partial charge in [0.25, 0.3) is 5.91 Å². The summed E-state index contributed by atoms with van der Waals surface area (Å²) < 4.78 is 0. The van der Waals surface area contributed by atoms with Gasteiger partial charge in [-0.3, -0.25) is 4.79 Å². The number of nitrogens with zero attached hydrogens (tertiary/aromatic N) is 4. The summed E-state index contributed by atoms with van der Waals surface area (Å²) in [7, 11) is 5.88. The number of carbonyl (C=O) groups is 1. The number of anilines is 1. The van der Waals surface area contributed by atoms with Crippen LogP contribution in [0.1, 0.15) is 28.2 Å². The van der Waals surface area contributed by atoms with E-state index in [4.69, 9.17) is 0 Å². The summed E-state index contributed by atoms with van der Waals surface area (Å²) >= 11 is 0. The Morgan fingerprint density at radius 3 is 2.52 bits per heavy atom. The van der Waals surface area contributed by atoms with Crippen LogP contribution in [-0.4, -0.2) is 59.9 Å². The van der Waals surface area contributed by atoms with Gasteiger partial charge >= 0.3 is 0 Å². The van der Waals surface area contributed by atoms with Gasteiger partial charge in [0.1, 0.15) is 5.69 Å². The molecule has 0 saturated heterocycles. The van der Waals surface area contributed by atoms with Gasteiger partial charge in [-0.25, -0.2) is 9.97 Å². The predicted molar refractivity (Wildman–Crippen MR) is 101 cm³/mol.